The van der Waals surface area contributed by atoms with Crippen molar-refractivity contribution in [1.82, 2.24) is 0 Å². The Morgan fingerprint density at radius 2 is 0.871 bits per heavy atom. The van der Waals surface area contributed by atoms with Crippen LogP contribution in [0, 0.1) is 0 Å². The molecule has 6 rings (SSSR count). The van der Waals surface area contributed by atoms with Gasteiger partial charge in [0, 0.05) is 18.6 Å². The van der Waals surface area contributed by atoms with Gasteiger partial charge in [-0.1, -0.05) is 166 Å². The Labute approximate surface area is 429 Å². The minimum Gasteiger partial charge on any atom is -0.508 e. The number of aromatic hydroxyl groups is 6. The number of halogens is 2. The molecule has 0 aliphatic heterocycles. The summed E-state index contributed by atoms with van der Waals surface area (Å²) in [5.41, 5.74) is 17.6. The number of hydrogen-bond acceptors (Lipinski definition) is 10. The van der Waals surface area contributed by atoms with E-state index in [9.17, 15) is 10.2 Å². The maximum Gasteiger partial charge on any atom is 0.137 e. The summed E-state index contributed by atoms with van der Waals surface area (Å²) in [5.74, 6) is 2.71. The van der Waals surface area contributed by atoms with Crippen LogP contribution in [0.25, 0.3) is 0 Å². The molecule has 5 aromatic carbocycles. The molecule has 12 heteroatoms. The van der Waals surface area contributed by atoms with Gasteiger partial charge in [0.25, 0.3) is 0 Å². The lowest BCUT2D eigenvalue weighted by Crippen LogP contribution is -2.16. The fourth-order valence-electron chi connectivity index (χ4n) is 6.76. The molecule has 0 radical (unpaired) electrons. The van der Waals surface area contributed by atoms with Crippen molar-refractivity contribution < 1.29 is 40.1 Å². The summed E-state index contributed by atoms with van der Waals surface area (Å²) in [6, 6.07) is 28.1. The lowest BCUT2D eigenvalue weighted by Gasteiger charge is -2.26. The standard InChI is InChI=1S/2C14H22O.C9H15NO.C9H13NO.2C6H5ClO2/c2*1-13(2,3)10-8-7-9-11(12(10)15)14(4,5)6;2*1-11-9-4-2-3-8(7-9)5-6-10;2*7-5-2-1-4(8)3-6(5)9/h2*7-9,15H,1-6H3;3-4H,2,5-7,10H2,1H3;2-4,7H,5-6,10H2,1H3;2*1-3,8-9H. The molecular weight excluding hydrogens is 924 g/mol. The maximum atomic E-state index is 10.3. The number of hydrogen-bond donors (Lipinski definition) is 8. The monoisotopic (exact) mass is 1000 g/mol. The molecule has 0 atom stereocenters. The SMILES string of the molecule is CC(C)(C)c1cccc(C(C)(C)C)c1O.CC(C)(C)c1cccc(C(C)(C)C)c1O.COC1=CCC=C(CCN)C1.COc1cccc(CCN)c1.Oc1ccc(Cl)c(O)c1.Oc1ccc(Cl)c(O)c1. The Morgan fingerprint density at radius 3 is 1.19 bits per heavy atom. The fourth-order valence-corrected chi connectivity index (χ4v) is 7.00. The summed E-state index contributed by atoms with van der Waals surface area (Å²) in [6.45, 7) is 26.9. The van der Waals surface area contributed by atoms with Gasteiger partial charge in [-0.15, -0.1) is 0 Å². The number of allylic oxidation sites excluding steroid dienone is 3. The summed E-state index contributed by atoms with van der Waals surface area (Å²) < 4.78 is 10.2. The fraction of sp³-hybridized carbons (Fsp3) is 0.414. The van der Waals surface area contributed by atoms with Crippen LogP contribution in [-0.4, -0.2) is 57.9 Å². The largest absolute Gasteiger partial charge is 0.508 e. The quantitative estimate of drug-likeness (QED) is 0.0760. The smallest absolute Gasteiger partial charge is 0.137 e. The maximum absolute atomic E-state index is 10.3. The third kappa shape index (κ3) is 22.5. The van der Waals surface area contributed by atoms with Gasteiger partial charge in [-0.3, -0.25) is 0 Å². The van der Waals surface area contributed by atoms with Crippen LogP contribution in [0.3, 0.4) is 0 Å². The lowest BCUT2D eigenvalue weighted by molar-refractivity contribution is 0.279. The molecule has 0 unspecified atom stereocenters. The number of rotatable bonds is 6. The predicted molar refractivity (Wildman–Crippen MR) is 292 cm³/mol. The number of phenols is 6. The minimum atomic E-state index is -0.100. The highest BCUT2D eigenvalue weighted by Gasteiger charge is 2.26. The highest BCUT2D eigenvalue weighted by molar-refractivity contribution is 6.32. The molecule has 0 spiro atoms. The second-order valence-corrected chi connectivity index (χ2v) is 21.6. The molecule has 1 aliphatic rings. The van der Waals surface area contributed by atoms with Crippen molar-refractivity contribution in [3.05, 3.63) is 158 Å². The van der Waals surface area contributed by atoms with E-state index >= 15 is 0 Å². The zero-order chi connectivity index (χ0) is 53.6. The van der Waals surface area contributed by atoms with Crippen molar-refractivity contribution >= 4 is 23.2 Å². The van der Waals surface area contributed by atoms with Gasteiger partial charge in [-0.05, 0) is 124 Å². The van der Waals surface area contributed by atoms with E-state index in [4.69, 9.17) is 64.6 Å². The van der Waals surface area contributed by atoms with Crippen LogP contribution in [-0.2, 0) is 32.8 Å². The molecule has 0 aromatic heterocycles. The van der Waals surface area contributed by atoms with Crippen LogP contribution in [0.1, 0.15) is 130 Å². The Kier molecular flexibility index (Phi) is 25.9. The van der Waals surface area contributed by atoms with E-state index in [2.05, 4.69) is 101 Å². The van der Waals surface area contributed by atoms with E-state index in [-0.39, 0.29) is 54.7 Å². The van der Waals surface area contributed by atoms with Crippen molar-refractivity contribution in [2.75, 3.05) is 27.3 Å². The lowest BCUT2D eigenvalue weighted by atomic mass is 9.79. The number of nitrogens with two attached hydrogens (primary N) is 2. The Bertz CT molecular complexity index is 2230. The molecule has 10 N–H and O–H groups in total. The van der Waals surface area contributed by atoms with Gasteiger partial charge >= 0.3 is 0 Å². The van der Waals surface area contributed by atoms with Crippen LogP contribution in [0.4, 0.5) is 0 Å². The van der Waals surface area contributed by atoms with Crippen molar-refractivity contribution in [3.8, 4) is 40.2 Å². The van der Waals surface area contributed by atoms with Gasteiger partial charge < -0.3 is 51.6 Å². The minimum absolute atomic E-state index is 0.00859. The molecule has 0 fully saturated rings. The molecule has 5 aromatic rings. The van der Waals surface area contributed by atoms with E-state index in [1.54, 1.807) is 14.2 Å². The Balaban J connectivity index is 0.000000425. The van der Waals surface area contributed by atoms with E-state index in [1.165, 1.54) is 47.5 Å². The zero-order valence-corrected chi connectivity index (χ0v) is 45.6. The van der Waals surface area contributed by atoms with Crippen LogP contribution >= 0.6 is 23.2 Å². The van der Waals surface area contributed by atoms with Crippen LogP contribution in [0.2, 0.25) is 10.0 Å². The van der Waals surface area contributed by atoms with Crippen molar-refractivity contribution in [2.24, 2.45) is 11.5 Å². The number of para-hydroxylation sites is 2. The number of benzene rings is 5. The number of phenolic OH excluding ortho intramolecular Hbond substituents is 6. The molecule has 0 heterocycles. The van der Waals surface area contributed by atoms with Crippen LogP contribution in [0.5, 0.6) is 40.2 Å². The van der Waals surface area contributed by atoms with Crippen LogP contribution in [0.15, 0.2) is 121 Å². The van der Waals surface area contributed by atoms with Gasteiger partial charge in [0.15, 0.2) is 0 Å². The number of methoxy groups -OCH3 is 2. The highest BCUT2D eigenvalue weighted by Crippen LogP contribution is 2.40. The second kappa shape index (κ2) is 29.0. The van der Waals surface area contributed by atoms with E-state index < -0.39 is 0 Å². The summed E-state index contributed by atoms with van der Waals surface area (Å²) >= 11 is 10.8. The summed E-state index contributed by atoms with van der Waals surface area (Å²) in [7, 11) is 3.39. The third-order valence-electron chi connectivity index (χ3n) is 10.6. The molecule has 0 saturated carbocycles. The molecule has 10 nitrogen and oxygen atoms in total. The van der Waals surface area contributed by atoms with E-state index in [1.807, 2.05) is 54.6 Å². The Morgan fingerprint density at radius 1 is 0.486 bits per heavy atom. The zero-order valence-electron chi connectivity index (χ0n) is 44.0. The van der Waals surface area contributed by atoms with Gasteiger partial charge in [0.2, 0.25) is 0 Å². The molecule has 386 valence electrons. The van der Waals surface area contributed by atoms with Gasteiger partial charge in [-0.25, -0.2) is 0 Å². The molecule has 0 saturated heterocycles. The number of ether oxygens (including phenoxy) is 2. The van der Waals surface area contributed by atoms with E-state index in [0.29, 0.717) is 18.0 Å². The normalized spacial score (nSPS) is 12.2. The Hall–Kier alpha value is -5.52. The highest BCUT2D eigenvalue weighted by atomic mass is 35.5. The first-order valence-electron chi connectivity index (χ1n) is 23.4. The first kappa shape index (κ1) is 62.5. The van der Waals surface area contributed by atoms with E-state index in [0.717, 1.165) is 66.0 Å². The first-order chi connectivity index (χ1) is 32.4. The third-order valence-corrected chi connectivity index (χ3v) is 11.3. The summed E-state index contributed by atoms with van der Waals surface area (Å²) in [6.07, 6.45) is 8.21. The molecule has 0 bridgehead atoms. The molecule has 1 aliphatic carbocycles. The van der Waals surface area contributed by atoms with Crippen LogP contribution < -0.4 is 16.2 Å². The molecule has 70 heavy (non-hydrogen) atoms. The topological polar surface area (TPSA) is 192 Å². The van der Waals surface area contributed by atoms with Gasteiger partial charge in [0.1, 0.15) is 40.2 Å². The predicted octanol–water partition coefficient (Wildman–Crippen LogP) is 14.3. The summed E-state index contributed by atoms with van der Waals surface area (Å²) in [4.78, 5) is 0. The molecule has 0 amide bonds. The average Bonchev–Trinajstić information content (AvgIpc) is 3.26. The van der Waals surface area contributed by atoms with Crippen molar-refractivity contribution in [3.63, 3.8) is 0 Å². The van der Waals surface area contributed by atoms with Crippen molar-refractivity contribution in [2.45, 2.75) is 130 Å². The van der Waals surface area contributed by atoms with Crippen molar-refractivity contribution in [1.29, 1.82) is 0 Å². The second-order valence-electron chi connectivity index (χ2n) is 20.8. The first-order valence-corrected chi connectivity index (χ1v) is 24.1. The van der Waals surface area contributed by atoms with Gasteiger partial charge in [-0.2, -0.15) is 0 Å². The molecular formula is C58H82Cl2N2O8. The van der Waals surface area contributed by atoms with Gasteiger partial charge in [0.05, 0.1) is 30.0 Å². The summed E-state index contributed by atoms with van der Waals surface area (Å²) in [5, 5.41) is 56.1. The average molecular weight is 1010 g/mol.